The molecule has 2 N–H and O–H groups in total. The highest BCUT2D eigenvalue weighted by atomic mass is 35.5. The summed E-state index contributed by atoms with van der Waals surface area (Å²) in [5.41, 5.74) is 8.03. The largest absolute Gasteiger partial charge is 0.496 e. The van der Waals surface area contributed by atoms with Crippen LogP contribution >= 0.6 is 11.6 Å². The molecule has 0 aliphatic carbocycles. The van der Waals surface area contributed by atoms with Crippen molar-refractivity contribution < 1.29 is 9.13 Å². The zero-order valence-corrected chi connectivity index (χ0v) is 10.7. The molecule has 0 spiro atoms. The molecule has 0 fully saturated rings. The highest BCUT2D eigenvalue weighted by molar-refractivity contribution is 6.30. The Hall–Kier alpha value is -1.58. The minimum Gasteiger partial charge on any atom is -0.496 e. The van der Waals surface area contributed by atoms with Crippen molar-refractivity contribution in [3.8, 4) is 16.9 Å². The van der Waals surface area contributed by atoms with Crippen molar-refractivity contribution in [3.63, 3.8) is 0 Å². The summed E-state index contributed by atoms with van der Waals surface area (Å²) in [7, 11) is 1.55. The Balaban J connectivity index is 2.67. The van der Waals surface area contributed by atoms with Crippen molar-refractivity contribution in [3.05, 3.63) is 52.8 Å². The van der Waals surface area contributed by atoms with Crippen LogP contribution in [0.25, 0.3) is 11.1 Å². The first-order chi connectivity index (χ1) is 8.65. The molecule has 0 saturated carbocycles. The maximum Gasteiger partial charge on any atom is 0.126 e. The molecule has 0 aliphatic heterocycles. The Morgan fingerprint density at radius 2 is 1.94 bits per heavy atom. The summed E-state index contributed by atoms with van der Waals surface area (Å²) in [4.78, 5) is 0. The van der Waals surface area contributed by atoms with Crippen LogP contribution in [0.15, 0.2) is 36.4 Å². The molecule has 0 bridgehead atoms. The molecule has 0 saturated heterocycles. The van der Waals surface area contributed by atoms with Gasteiger partial charge in [0.1, 0.15) is 11.6 Å². The molecule has 2 nitrogen and oxygen atoms in total. The molecule has 0 heterocycles. The highest BCUT2D eigenvalue weighted by Gasteiger charge is 2.11. The van der Waals surface area contributed by atoms with Crippen LogP contribution in [-0.2, 0) is 6.54 Å². The van der Waals surface area contributed by atoms with Crippen molar-refractivity contribution in [2.45, 2.75) is 6.54 Å². The standard InChI is InChI=1S/C14H13ClFNO/c1-18-14-5-4-11(16)7-13(14)12-6-10(15)3-2-9(12)8-17/h2-7H,8,17H2,1H3. The fourth-order valence-corrected chi connectivity index (χ4v) is 2.04. The van der Waals surface area contributed by atoms with Crippen LogP contribution in [0.2, 0.25) is 5.02 Å². The number of ether oxygens (including phenoxy) is 1. The first-order valence-electron chi connectivity index (χ1n) is 5.48. The minimum absolute atomic E-state index is 0.325. The Labute approximate surface area is 110 Å². The second kappa shape index (κ2) is 5.38. The quantitative estimate of drug-likeness (QED) is 0.920. The van der Waals surface area contributed by atoms with E-state index in [2.05, 4.69) is 0 Å². The average Bonchev–Trinajstić information content (AvgIpc) is 2.38. The van der Waals surface area contributed by atoms with Crippen LogP contribution in [0, 0.1) is 5.82 Å². The molecule has 0 unspecified atom stereocenters. The Kier molecular flexibility index (Phi) is 3.84. The maximum absolute atomic E-state index is 13.4. The van der Waals surface area contributed by atoms with Gasteiger partial charge >= 0.3 is 0 Å². The van der Waals surface area contributed by atoms with Gasteiger partial charge in [-0.3, -0.25) is 0 Å². The second-order valence-electron chi connectivity index (χ2n) is 3.85. The summed E-state index contributed by atoms with van der Waals surface area (Å²) in [6.45, 7) is 0.353. The van der Waals surface area contributed by atoms with Crippen molar-refractivity contribution >= 4 is 11.6 Å². The van der Waals surface area contributed by atoms with E-state index >= 15 is 0 Å². The number of halogens is 2. The average molecular weight is 266 g/mol. The molecule has 0 atom stereocenters. The molecule has 0 aromatic heterocycles. The third-order valence-electron chi connectivity index (χ3n) is 2.74. The number of hydrogen-bond donors (Lipinski definition) is 1. The molecule has 18 heavy (non-hydrogen) atoms. The lowest BCUT2D eigenvalue weighted by Gasteiger charge is -2.12. The Bertz CT molecular complexity index is 520. The lowest BCUT2D eigenvalue weighted by molar-refractivity contribution is 0.415. The van der Waals surface area contributed by atoms with E-state index in [-0.39, 0.29) is 5.82 Å². The lowest BCUT2D eigenvalue weighted by Crippen LogP contribution is -2.00. The van der Waals surface area contributed by atoms with Gasteiger partial charge in [-0.15, -0.1) is 0 Å². The van der Waals surface area contributed by atoms with Gasteiger partial charge in [0.05, 0.1) is 7.11 Å². The van der Waals surface area contributed by atoms with E-state index in [4.69, 9.17) is 22.1 Å². The van der Waals surface area contributed by atoms with Crippen LogP contribution in [0.1, 0.15) is 5.56 Å². The van der Waals surface area contributed by atoms with E-state index in [0.29, 0.717) is 22.9 Å². The summed E-state index contributed by atoms with van der Waals surface area (Å²) in [6.07, 6.45) is 0. The van der Waals surface area contributed by atoms with E-state index in [1.54, 1.807) is 25.3 Å². The van der Waals surface area contributed by atoms with Gasteiger partial charge in [-0.25, -0.2) is 4.39 Å². The Morgan fingerprint density at radius 3 is 2.61 bits per heavy atom. The third-order valence-corrected chi connectivity index (χ3v) is 2.98. The molecule has 0 amide bonds. The predicted octanol–water partition coefficient (Wildman–Crippen LogP) is 3.61. The van der Waals surface area contributed by atoms with Gasteiger partial charge < -0.3 is 10.5 Å². The summed E-state index contributed by atoms with van der Waals surface area (Å²) >= 11 is 5.98. The van der Waals surface area contributed by atoms with E-state index < -0.39 is 0 Å². The molecular weight excluding hydrogens is 253 g/mol. The van der Waals surface area contributed by atoms with Gasteiger partial charge in [0, 0.05) is 17.1 Å². The first-order valence-corrected chi connectivity index (χ1v) is 5.86. The first kappa shape index (κ1) is 12.9. The molecule has 2 aromatic rings. The minimum atomic E-state index is -0.325. The van der Waals surface area contributed by atoms with Crippen LogP contribution in [0.4, 0.5) is 4.39 Å². The van der Waals surface area contributed by atoms with E-state index in [1.165, 1.54) is 12.1 Å². The van der Waals surface area contributed by atoms with E-state index in [9.17, 15) is 4.39 Å². The van der Waals surface area contributed by atoms with Crippen molar-refractivity contribution in [1.29, 1.82) is 0 Å². The zero-order chi connectivity index (χ0) is 13.1. The van der Waals surface area contributed by atoms with Gasteiger partial charge in [0.2, 0.25) is 0 Å². The fourth-order valence-electron chi connectivity index (χ4n) is 1.87. The van der Waals surface area contributed by atoms with Gasteiger partial charge in [-0.2, -0.15) is 0 Å². The van der Waals surface area contributed by atoms with Gasteiger partial charge in [0.25, 0.3) is 0 Å². The van der Waals surface area contributed by atoms with E-state index in [1.807, 2.05) is 6.07 Å². The van der Waals surface area contributed by atoms with Crippen LogP contribution < -0.4 is 10.5 Å². The highest BCUT2D eigenvalue weighted by Crippen LogP contribution is 2.34. The number of methoxy groups -OCH3 is 1. The van der Waals surface area contributed by atoms with Crippen LogP contribution in [-0.4, -0.2) is 7.11 Å². The number of benzene rings is 2. The summed E-state index contributed by atoms with van der Waals surface area (Å²) in [6, 6.07) is 9.73. The summed E-state index contributed by atoms with van der Waals surface area (Å²) in [5.74, 6) is 0.266. The second-order valence-corrected chi connectivity index (χ2v) is 4.29. The molecule has 2 rings (SSSR count). The van der Waals surface area contributed by atoms with Gasteiger partial charge in [0.15, 0.2) is 0 Å². The van der Waals surface area contributed by atoms with Gasteiger partial charge in [-0.1, -0.05) is 17.7 Å². The monoisotopic (exact) mass is 265 g/mol. The summed E-state index contributed by atoms with van der Waals surface area (Å²) in [5, 5.41) is 0.577. The molecule has 4 heteroatoms. The number of nitrogens with two attached hydrogens (primary N) is 1. The number of hydrogen-bond acceptors (Lipinski definition) is 2. The van der Waals surface area contributed by atoms with Crippen molar-refractivity contribution in [1.82, 2.24) is 0 Å². The molecule has 2 aromatic carbocycles. The predicted molar refractivity (Wildman–Crippen MR) is 71.3 cm³/mol. The number of rotatable bonds is 3. The maximum atomic E-state index is 13.4. The van der Waals surface area contributed by atoms with E-state index in [0.717, 1.165) is 11.1 Å². The van der Waals surface area contributed by atoms with Crippen molar-refractivity contribution in [2.75, 3.05) is 7.11 Å². The molecule has 0 aliphatic rings. The Morgan fingerprint density at radius 1 is 1.17 bits per heavy atom. The normalized spacial score (nSPS) is 10.4. The zero-order valence-electron chi connectivity index (χ0n) is 9.91. The topological polar surface area (TPSA) is 35.2 Å². The third kappa shape index (κ3) is 2.47. The van der Waals surface area contributed by atoms with Gasteiger partial charge in [-0.05, 0) is 41.5 Å². The van der Waals surface area contributed by atoms with Crippen LogP contribution in [0.5, 0.6) is 5.75 Å². The molecule has 0 radical (unpaired) electrons. The smallest absolute Gasteiger partial charge is 0.126 e. The molecular formula is C14H13ClFNO. The summed E-state index contributed by atoms with van der Waals surface area (Å²) < 4.78 is 18.6. The molecule has 94 valence electrons. The lowest BCUT2D eigenvalue weighted by atomic mass is 9.98. The van der Waals surface area contributed by atoms with Crippen LogP contribution in [0.3, 0.4) is 0 Å². The SMILES string of the molecule is COc1ccc(F)cc1-c1cc(Cl)ccc1CN. The van der Waals surface area contributed by atoms with Crippen molar-refractivity contribution in [2.24, 2.45) is 5.73 Å². The fraction of sp³-hybridized carbons (Fsp3) is 0.143.